The van der Waals surface area contributed by atoms with Crippen LogP contribution >= 0.6 is 11.6 Å². The molecule has 0 bridgehead atoms. The highest BCUT2D eigenvalue weighted by atomic mass is 35.5. The summed E-state index contributed by atoms with van der Waals surface area (Å²) in [4.78, 5) is 12.3. The molecule has 2 aromatic rings. The lowest BCUT2D eigenvalue weighted by molar-refractivity contribution is 0.0901. The average Bonchev–Trinajstić information content (AvgIpc) is 3.13. The Labute approximate surface area is 157 Å². The number of nitrogens with zero attached hydrogens (tertiary/aromatic N) is 1. The van der Waals surface area contributed by atoms with Crippen molar-refractivity contribution in [3.8, 4) is 0 Å². The van der Waals surface area contributed by atoms with Crippen LogP contribution in [0, 0.1) is 0 Å². The van der Waals surface area contributed by atoms with Crippen molar-refractivity contribution in [2.45, 2.75) is 30.9 Å². The quantitative estimate of drug-likeness (QED) is 0.743. The topological polar surface area (TPSA) is 99.9 Å². The number of hydrogen-bond donors (Lipinski definition) is 2. The largest absolute Gasteiger partial charge is 0.467 e. The molecule has 0 aliphatic carbocycles. The van der Waals surface area contributed by atoms with E-state index >= 15 is 0 Å². The molecule has 26 heavy (non-hydrogen) atoms. The monoisotopic (exact) mass is 400 g/mol. The first-order valence-electron chi connectivity index (χ1n) is 7.92. The van der Waals surface area contributed by atoms with Crippen molar-refractivity contribution in [2.75, 3.05) is 13.6 Å². The third-order valence-corrected chi connectivity index (χ3v) is 6.27. The zero-order valence-corrected chi connectivity index (χ0v) is 16.2. The summed E-state index contributed by atoms with van der Waals surface area (Å²) in [6.07, 6.45) is 0.392. The van der Waals surface area contributed by atoms with E-state index in [1.165, 1.54) is 35.8 Å². The second-order valence-corrected chi connectivity index (χ2v) is 8.40. The highest BCUT2D eigenvalue weighted by Gasteiger charge is 2.25. The van der Waals surface area contributed by atoms with Gasteiger partial charge in [-0.3, -0.25) is 4.79 Å². The molecule has 142 valence electrons. The van der Waals surface area contributed by atoms with E-state index in [0.29, 0.717) is 5.76 Å². The van der Waals surface area contributed by atoms with Crippen LogP contribution in [-0.4, -0.2) is 43.4 Å². The number of aliphatic hydroxyl groups excluding tert-OH is 1. The molecular formula is C17H21ClN2O5S. The van der Waals surface area contributed by atoms with Gasteiger partial charge in [-0.2, -0.15) is 4.31 Å². The van der Waals surface area contributed by atoms with Crippen LogP contribution < -0.4 is 5.32 Å². The highest BCUT2D eigenvalue weighted by Crippen LogP contribution is 2.23. The number of rotatable bonds is 7. The Hall–Kier alpha value is -1.87. The Kier molecular flexibility index (Phi) is 6.46. The fourth-order valence-electron chi connectivity index (χ4n) is 2.15. The molecule has 0 aliphatic heterocycles. The normalized spacial score (nSPS) is 13.2. The Morgan fingerprint density at radius 1 is 1.35 bits per heavy atom. The number of carbonyl (C=O) groups excluding carboxylic acids is 1. The lowest BCUT2D eigenvalue weighted by Gasteiger charge is -2.21. The van der Waals surface area contributed by atoms with Crippen molar-refractivity contribution in [2.24, 2.45) is 0 Å². The SMILES string of the molecule is CC(C)N(C)S(=O)(=O)c1ccc(Cl)c(C(=O)NC[C@@H](O)c2ccco2)c1. The number of amides is 1. The van der Waals surface area contributed by atoms with Gasteiger partial charge in [-0.1, -0.05) is 11.6 Å². The van der Waals surface area contributed by atoms with Crippen molar-refractivity contribution in [1.82, 2.24) is 9.62 Å². The number of carbonyl (C=O) groups is 1. The number of nitrogens with one attached hydrogen (secondary N) is 1. The van der Waals surface area contributed by atoms with E-state index in [9.17, 15) is 18.3 Å². The first kappa shape index (κ1) is 20.4. The second-order valence-electron chi connectivity index (χ2n) is 6.00. The second kappa shape index (κ2) is 8.22. The number of aliphatic hydroxyl groups is 1. The molecular weight excluding hydrogens is 380 g/mol. The molecule has 1 amide bonds. The van der Waals surface area contributed by atoms with Crippen LogP contribution in [0.15, 0.2) is 45.9 Å². The maximum atomic E-state index is 12.6. The van der Waals surface area contributed by atoms with E-state index in [2.05, 4.69) is 5.32 Å². The maximum absolute atomic E-state index is 12.6. The van der Waals surface area contributed by atoms with E-state index in [4.69, 9.17) is 16.0 Å². The van der Waals surface area contributed by atoms with Gasteiger partial charge < -0.3 is 14.8 Å². The molecule has 0 saturated heterocycles. The first-order valence-corrected chi connectivity index (χ1v) is 9.73. The van der Waals surface area contributed by atoms with Gasteiger partial charge in [0.1, 0.15) is 11.9 Å². The van der Waals surface area contributed by atoms with Crippen molar-refractivity contribution < 1.29 is 22.7 Å². The molecule has 1 atom stereocenters. The minimum atomic E-state index is -3.75. The molecule has 2 N–H and O–H groups in total. The molecule has 0 fully saturated rings. The predicted octanol–water partition coefficient (Wildman–Crippen LogP) is 2.43. The summed E-state index contributed by atoms with van der Waals surface area (Å²) in [6, 6.07) is 6.91. The third-order valence-electron chi connectivity index (χ3n) is 3.91. The summed E-state index contributed by atoms with van der Waals surface area (Å²) in [6.45, 7) is 3.39. The molecule has 1 heterocycles. The summed E-state index contributed by atoms with van der Waals surface area (Å²) >= 11 is 6.05. The van der Waals surface area contributed by atoms with E-state index < -0.39 is 22.0 Å². The summed E-state index contributed by atoms with van der Waals surface area (Å²) in [7, 11) is -2.28. The van der Waals surface area contributed by atoms with Gasteiger partial charge in [-0.25, -0.2) is 8.42 Å². The van der Waals surface area contributed by atoms with Crippen LogP contribution in [0.3, 0.4) is 0 Å². The zero-order valence-electron chi connectivity index (χ0n) is 14.6. The average molecular weight is 401 g/mol. The number of halogens is 1. The van der Waals surface area contributed by atoms with Gasteiger partial charge in [-0.15, -0.1) is 0 Å². The fraction of sp³-hybridized carbons (Fsp3) is 0.353. The lowest BCUT2D eigenvalue weighted by Crippen LogP contribution is -2.33. The van der Waals surface area contributed by atoms with Crippen LogP contribution in [0.1, 0.15) is 36.1 Å². The van der Waals surface area contributed by atoms with Crippen LogP contribution in [-0.2, 0) is 10.0 Å². The van der Waals surface area contributed by atoms with Gasteiger partial charge in [0.25, 0.3) is 5.91 Å². The molecule has 0 spiro atoms. The Morgan fingerprint density at radius 2 is 2.04 bits per heavy atom. The van der Waals surface area contributed by atoms with Crippen molar-refractivity contribution in [3.05, 3.63) is 52.9 Å². The summed E-state index contributed by atoms with van der Waals surface area (Å²) in [5.74, 6) is -0.281. The molecule has 1 aromatic heterocycles. The zero-order chi connectivity index (χ0) is 19.5. The van der Waals surface area contributed by atoms with Gasteiger partial charge in [-0.05, 0) is 44.2 Å². The van der Waals surface area contributed by atoms with Gasteiger partial charge in [0.2, 0.25) is 10.0 Å². The Bertz CT molecular complexity index is 865. The molecule has 1 aromatic carbocycles. The van der Waals surface area contributed by atoms with Gasteiger partial charge in [0.15, 0.2) is 0 Å². The third kappa shape index (κ3) is 4.45. The van der Waals surface area contributed by atoms with Crippen LogP contribution in [0.25, 0.3) is 0 Å². The van der Waals surface area contributed by atoms with E-state index in [1.807, 2.05) is 0 Å². The molecule has 7 nitrogen and oxygen atoms in total. The van der Waals surface area contributed by atoms with Crippen molar-refractivity contribution in [1.29, 1.82) is 0 Å². The van der Waals surface area contributed by atoms with Gasteiger partial charge in [0.05, 0.1) is 28.3 Å². The lowest BCUT2D eigenvalue weighted by atomic mass is 10.2. The van der Waals surface area contributed by atoms with Crippen LogP contribution in [0.5, 0.6) is 0 Å². The Morgan fingerprint density at radius 3 is 2.62 bits per heavy atom. The number of hydrogen-bond acceptors (Lipinski definition) is 5. The minimum Gasteiger partial charge on any atom is -0.467 e. The molecule has 0 unspecified atom stereocenters. The highest BCUT2D eigenvalue weighted by molar-refractivity contribution is 7.89. The maximum Gasteiger partial charge on any atom is 0.252 e. The standard InChI is InChI=1S/C17H21ClN2O5S/c1-11(2)20(3)26(23,24)12-6-7-14(18)13(9-12)17(22)19-10-15(21)16-5-4-8-25-16/h4-9,11,15,21H,10H2,1-3H3,(H,19,22)/t15-/m1/s1. The van der Waals surface area contributed by atoms with Crippen LogP contribution in [0.2, 0.25) is 5.02 Å². The predicted molar refractivity (Wildman–Crippen MR) is 97.5 cm³/mol. The fourth-order valence-corrected chi connectivity index (χ4v) is 3.75. The van der Waals surface area contributed by atoms with E-state index in [-0.39, 0.29) is 28.1 Å². The molecule has 0 radical (unpaired) electrons. The smallest absolute Gasteiger partial charge is 0.252 e. The number of sulfonamides is 1. The molecule has 0 aliphatic rings. The summed E-state index contributed by atoms with van der Waals surface area (Å²) in [5, 5.41) is 12.6. The van der Waals surface area contributed by atoms with Gasteiger partial charge in [0, 0.05) is 13.1 Å². The van der Waals surface area contributed by atoms with Crippen molar-refractivity contribution >= 4 is 27.5 Å². The van der Waals surface area contributed by atoms with Crippen LogP contribution in [0.4, 0.5) is 0 Å². The van der Waals surface area contributed by atoms with Crippen molar-refractivity contribution in [3.63, 3.8) is 0 Å². The summed E-state index contributed by atoms with van der Waals surface area (Å²) in [5.41, 5.74) is 0.0107. The molecule has 9 heteroatoms. The summed E-state index contributed by atoms with van der Waals surface area (Å²) < 4.78 is 31.4. The number of furan rings is 1. The minimum absolute atomic E-state index is 0.0107. The molecule has 0 saturated carbocycles. The van der Waals surface area contributed by atoms with E-state index in [0.717, 1.165) is 0 Å². The van der Waals surface area contributed by atoms with Gasteiger partial charge >= 0.3 is 0 Å². The number of benzene rings is 1. The molecule has 2 rings (SSSR count). The Balaban J connectivity index is 2.20. The van der Waals surface area contributed by atoms with E-state index in [1.54, 1.807) is 26.0 Å². The first-order chi connectivity index (χ1) is 12.1.